The molecule has 10 heteroatoms. The third-order valence-corrected chi connectivity index (χ3v) is 5.75. The molecule has 0 bridgehead atoms. The van der Waals surface area contributed by atoms with Gasteiger partial charge in [-0.05, 0) is 48.9 Å². The van der Waals surface area contributed by atoms with E-state index in [0.29, 0.717) is 0 Å². The Morgan fingerprint density at radius 3 is 2.54 bits per heavy atom. The van der Waals surface area contributed by atoms with Crippen LogP contribution in [0.25, 0.3) is 6.08 Å². The van der Waals surface area contributed by atoms with Crippen LogP contribution in [0.4, 0.5) is 8.78 Å². The average molecular weight is 448 g/mol. The average Bonchev–Trinajstić information content (AvgIpc) is 2.63. The quantitative estimate of drug-likeness (QED) is 0.535. The minimum Gasteiger partial charge on any atom is -0.490 e. The van der Waals surface area contributed by atoms with E-state index in [1.165, 1.54) is 30.3 Å². The summed E-state index contributed by atoms with van der Waals surface area (Å²) >= 11 is 11.8. The monoisotopic (exact) mass is 447 g/mol. The van der Waals surface area contributed by atoms with E-state index in [1.807, 2.05) is 0 Å². The molecule has 0 radical (unpaired) electrons. The van der Waals surface area contributed by atoms with Crippen molar-refractivity contribution in [2.75, 3.05) is 6.61 Å². The van der Waals surface area contributed by atoms with E-state index < -0.39 is 21.4 Å². The van der Waals surface area contributed by atoms with E-state index in [2.05, 4.69) is 4.74 Å². The molecular formula is C18H13Cl2F2NO4S. The molecule has 0 amide bonds. The number of nitrogens with zero attached hydrogens (tertiary/aromatic N) is 1. The van der Waals surface area contributed by atoms with E-state index >= 15 is 0 Å². The Hall–Kier alpha value is -2.34. The highest BCUT2D eigenvalue weighted by Gasteiger charge is 2.24. The van der Waals surface area contributed by atoms with Crippen LogP contribution in [0.1, 0.15) is 12.5 Å². The molecule has 0 aromatic heterocycles. The van der Waals surface area contributed by atoms with Gasteiger partial charge in [0.05, 0.1) is 16.5 Å². The fraction of sp³-hybridized carbons (Fsp3) is 0.167. The van der Waals surface area contributed by atoms with E-state index in [4.69, 9.17) is 27.9 Å². The fourth-order valence-corrected chi connectivity index (χ4v) is 4.11. The first-order valence-electron chi connectivity index (χ1n) is 7.72. The van der Waals surface area contributed by atoms with Gasteiger partial charge < -0.3 is 9.47 Å². The third kappa shape index (κ3) is 5.13. The molecule has 0 aliphatic rings. The molecule has 0 saturated heterocycles. The maximum Gasteiger partial charge on any atom is 0.387 e. The first kappa shape index (κ1) is 22.0. The number of halogens is 4. The van der Waals surface area contributed by atoms with Crippen molar-refractivity contribution in [2.45, 2.75) is 18.4 Å². The zero-order valence-electron chi connectivity index (χ0n) is 14.3. The Morgan fingerprint density at radius 2 is 1.93 bits per heavy atom. The van der Waals surface area contributed by atoms with Gasteiger partial charge in [0.15, 0.2) is 11.5 Å². The molecule has 5 nitrogen and oxygen atoms in total. The molecule has 0 heterocycles. The maximum atomic E-state index is 12.8. The molecule has 0 N–H and O–H groups in total. The van der Waals surface area contributed by atoms with Gasteiger partial charge in [-0.25, -0.2) is 8.42 Å². The first-order valence-corrected chi connectivity index (χ1v) is 9.96. The van der Waals surface area contributed by atoms with Gasteiger partial charge in [0.1, 0.15) is 11.0 Å². The molecule has 2 aromatic rings. The Morgan fingerprint density at radius 1 is 1.21 bits per heavy atom. The Kier molecular flexibility index (Phi) is 7.24. The summed E-state index contributed by atoms with van der Waals surface area (Å²) < 4.78 is 60.1. The van der Waals surface area contributed by atoms with Gasteiger partial charge in [-0.15, -0.1) is 0 Å². The topological polar surface area (TPSA) is 76.4 Å². The van der Waals surface area contributed by atoms with Crippen molar-refractivity contribution in [2.24, 2.45) is 0 Å². The van der Waals surface area contributed by atoms with Gasteiger partial charge in [-0.1, -0.05) is 29.3 Å². The summed E-state index contributed by atoms with van der Waals surface area (Å²) in [5.41, 5.74) is 0.225. The second-order valence-electron chi connectivity index (χ2n) is 5.22. The minimum absolute atomic E-state index is 0.0213. The molecule has 0 unspecified atom stereocenters. The number of benzene rings is 2. The van der Waals surface area contributed by atoms with E-state index in [1.54, 1.807) is 13.0 Å². The number of rotatable bonds is 7. The lowest BCUT2D eigenvalue weighted by atomic mass is 10.2. The SMILES string of the molecule is CCOc1cc(/C=C(/C#N)S(=O)(=O)c2cc(Cl)ccc2Cl)ccc1OC(F)F. The van der Waals surface area contributed by atoms with Crippen molar-refractivity contribution < 1.29 is 26.7 Å². The fourth-order valence-electron chi connectivity index (χ4n) is 2.20. The third-order valence-electron chi connectivity index (χ3n) is 3.36. The summed E-state index contributed by atoms with van der Waals surface area (Å²) in [4.78, 5) is -0.932. The van der Waals surface area contributed by atoms with Crippen molar-refractivity contribution in [3.05, 3.63) is 56.9 Å². The van der Waals surface area contributed by atoms with Crippen LogP contribution in [-0.2, 0) is 9.84 Å². The van der Waals surface area contributed by atoms with Crippen molar-refractivity contribution in [3.8, 4) is 17.6 Å². The number of nitriles is 1. The number of allylic oxidation sites excluding steroid dienone is 1. The van der Waals surface area contributed by atoms with Crippen LogP contribution in [0, 0.1) is 11.3 Å². The van der Waals surface area contributed by atoms with Crippen molar-refractivity contribution >= 4 is 39.1 Å². The molecule has 0 atom stereocenters. The Bertz CT molecular complexity index is 1050. The van der Waals surface area contributed by atoms with Gasteiger partial charge in [0, 0.05) is 5.02 Å². The molecule has 0 aliphatic carbocycles. The van der Waals surface area contributed by atoms with Crippen LogP contribution in [0.3, 0.4) is 0 Å². The molecular weight excluding hydrogens is 435 g/mol. The molecule has 0 saturated carbocycles. The highest BCUT2D eigenvalue weighted by Crippen LogP contribution is 2.33. The first-order chi connectivity index (χ1) is 13.2. The lowest BCUT2D eigenvalue weighted by molar-refractivity contribution is -0.0514. The van der Waals surface area contributed by atoms with E-state index in [0.717, 1.165) is 12.1 Å². The number of hydrogen-bond donors (Lipinski definition) is 0. The summed E-state index contributed by atoms with van der Waals surface area (Å²) in [6, 6.07) is 9.25. The standard InChI is InChI=1S/C18H13Cl2F2NO4S/c1-2-26-16-8-11(3-6-15(16)27-18(21)22)7-13(10-23)28(24,25)17-9-12(19)4-5-14(17)20/h3-9,18H,2H2,1H3/b13-7-. The normalized spacial score (nSPS) is 12.0. The van der Waals surface area contributed by atoms with Gasteiger partial charge in [-0.2, -0.15) is 14.0 Å². The summed E-state index contributed by atoms with van der Waals surface area (Å²) in [5, 5.41) is 9.40. The van der Waals surface area contributed by atoms with Gasteiger partial charge in [-0.3, -0.25) is 0 Å². The van der Waals surface area contributed by atoms with Crippen LogP contribution in [0.2, 0.25) is 10.0 Å². The summed E-state index contributed by atoms with van der Waals surface area (Å²) in [5.74, 6) is -0.236. The Balaban J connectivity index is 2.53. The van der Waals surface area contributed by atoms with Crippen molar-refractivity contribution in [1.29, 1.82) is 5.26 Å². The molecule has 2 aromatic carbocycles. The minimum atomic E-state index is -4.27. The molecule has 0 aliphatic heterocycles. The smallest absolute Gasteiger partial charge is 0.387 e. The summed E-state index contributed by atoms with van der Waals surface area (Å²) in [6.07, 6.45) is 1.07. The zero-order chi connectivity index (χ0) is 20.9. The van der Waals surface area contributed by atoms with Crippen LogP contribution < -0.4 is 9.47 Å². The molecule has 2 rings (SSSR count). The lowest BCUT2D eigenvalue weighted by Crippen LogP contribution is -2.05. The van der Waals surface area contributed by atoms with E-state index in [9.17, 15) is 22.5 Å². The van der Waals surface area contributed by atoms with Crippen LogP contribution >= 0.6 is 23.2 Å². The van der Waals surface area contributed by atoms with Crippen LogP contribution in [0.5, 0.6) is 11.5 Å². The second-order valence-corrected chi connectivity index (χ2v) is 7.95. The Labute approximate surface area is 170 Å². The molecule has 0 spiro atoms. The van der Waals surface area contributed by atoms with Gasteiger partial charge in [0.25, 0.3) is 0 Å². The number of ether oxygens (including phenoxy) is 2. The van der Waals surface area contributed by atoms with Gasteiger partial charge in [0.2, 0.25) is 9.84 Å². The maximum absolute atomic E-state index is 12.8. The molecule has 148 valence electrons. The summed E-state index contributed by atoms with van der Waals surface area (Å²) in [7, 11) is -4.27. The van der Waals surface area contributed by atoms with E-state index in [-0.39, 0.29) is 38.6 Å². The predicted octanol–water partition coefficient (Wildman–Crippen LogP) is 5.33. The molecule has 0 fully saturated rings. The molecule has 28 heavy (non-hydrogen) atoms. The number of alkyl halides is 2. The predicted molar refractivity (Wildman–Crippen MR) is 101 cm³/mol. The van der Waals surface area contributed by atoms with Crippen LogP contribution in [-0.4, -0.2) is 21.6 Å². The van der Waals surface area contributed by atoms with Crippen molar-refractivity contribution in [3.63, 3.8) is 0 Å². The highest BCUT2D eigenvalue weighted by atomic mass is 35.5. The van der Waals surface area contributed by atoms with Crippen LogP contribution in [0.15, 0.2) is 46.2 Å². The summed E-state index contributed by atoms with van der Waals surface area (Å²) in [6.45, 7) is -1.25. The van der Waals surface area contributed by atoms with Crippen molar-refractivity contribution in [1.82, 2.24) is 0 Å². The zero-order valence-corrected chi connectivity index (χ0v) is 16.7. The number of sulfone groups is 1. The number of hydrogen-bond acceptors (Lipinski definition) is 5. The van der Waals surface area contributed by atoms with Gasteiger partial charge >= 0.3 is 6.61 Å². The largest absolute Gasteiger partial charge is 0.490 e. The second kappa shape index (κ2) is 9.24. The lowest BCUT2D eigenvalue weighted by Gasteiger charge is -2.12. The highest BCUT2D eigenvalue weighted by molar-refractivity contribution is 7.95.